The monoisotopic (exact) mass is 249 g/mol. The van der Waals surface area contributed by atoms with Gasteiger partial charge >= 0.3 is 0 Å². The van der Waals surface area contributed by atoms with Crippen LogP contribution < -0.4 is 5.32 Å². The Bertz CT molecular complexity index is 433. The lowest BCUT2D eigenvalue weighted by molar-refractivity contribution is 0.0955. The quantitative estimate of drug-likeness (QED) is 0.876. The van der Waals surface area contributed by atoms with Gasteiger partial charge in [-0.05, 0) is 49.7 Å². The van der Waals surface area contributed by atoms with Gasteiger partial charge in [0.1, 0.15) is 0 Å². The molecule has 17 heavy (non-hydrogen) atoms. The van der Waals surface area contributed by atoms with Crippen LogP contribution in [0, 0.1) is 5.92 Å². The van der Waals surface area contributed by atoms with Crippen LogP contribution in [0.25, 0.3) is 0 Å². The molecule has 3 rings (SSSR count). The topological polar surface area (TPSA) is 29.1 Å². The Labute approximate surface area is 106 Å². The number of hydrogen-bond donors (Lipinski definition) is 1. The first kappa shape index (κ1) is 11.3. The first-order chi connectivity index (χ1) is 8.26. The standard InChI is InChI=1S/C14H19NOS/c1-2-9-3-6-12-10(7-9)8-13(17-12)14(16)15-11-4-5-11/h8-9,11H,2-7H2,1H3,(H,15,16). The summed E-state index contributed by atoms with van der Waals surface area (Å²) in [5.74, 6) is 0.983. The molecule has 92 valence electrons. The number of carbonyl (C=O) groups excluding carboxylic acids is 1. The number of carbonyl (C=O) groups is 1. The van der Waals surface area contributed by atoms with Gasteiger partial charge in [-0.2, -0.15) is 0 Å². The van der Waals surface area contributed by atoms with Gasteiger partial charge in [-0.15, -0.1) is 11.3 Å². The molecule has 0 bridgehead atoms. The molecule has 1 atom stereocenters. The minimum Gasteiger partial charge on any atom is -0.349 e. The van der Waals surface area contributed by atoms with Crippen LogP contribution in [0.2, 0.25) is 0 Å². The van der Waals surface area contributed by atoms with Crippen molar-refractivity contribution in [3.63, 3.8) is 0 Å². The van der Waals surface area contributed by atoms with Gasteiger partial charge in [-0.25, -0.2) is 0 Å². The van der Waals surface area contributed by atoms with Crippen molar-refractivity contribution in [2.45, 2.75) is 51.5 Å². The van der Waals surface area contributed by atoms with E-state index in [1.807, 2.05) is 0 Å². The third-order valence-corrected chi connectivity index (χ3v) is 5.13. The van der Waals surface area contributed by atoms with Gasteiger partial charge in [0, 0.05) is 10.9 Å². The van der Waals surface area contributed by atoms with Crippen LogP contribution in [-0.4, -0.2) is 11.9 Å². The van der Waals surface area contributed by atoms with Crippen LogP contribution in [0.4, 0.5) is 0 Å². The van der Waals surface area contributed by atoms with Gasteiger partial charge in [0.05, 0.1) is 4.88 Å². The van der Waals surface area contributed by atoms with Gasteiger partial charge in [-0.3, -0.25) is 4.79 Å². The SMILES string of the molecule is CCC1CCc2sc(C(=O)NC3CC3)cc2C1. The van der Waals surface area contributed by atoms with Gasteiger partial charge in [0.25, 0.3) is 5.91 Å². The lowest BCUT2D eigenvalue weighted by atomic mass is 9.87. The minimum absolute atomic E-state index is 0.153. The molecule has 1 heterocycles. The number of amides is 1. The van der Waals surface area contributed by atoms with E-state index in [0.717, 1.165) is 23.6 Å². The molecule has 0 radical (unpaired) electrons. The van der Waals surface area contributed by atoms with Crippen molar-refractivity contribution >= 4 is 17.2 Å². The first-order valence-corrected chi connectivity index (χ1v) is 7.50. The van der Waals surface area contributed by atoms with E-state index in [-0.39, 0.29) is 5.91 Å². The molecule has 1 fully saturated rings. The van der Waals surface area contributed by atoms with Crippen LogP contribution in [0.3, 0.4) is 0 Å². The van der Waals surface area contributed by atoms with Crippen molar-refractivity contribution in [2.24, 2.45) is 5.92 Å². The molecule has 3 heteroatoms. The van der Waals surface area contributed by atoms with Crippen LogP contribution in [0.1, 0.15) is 52.7 Å². The van der Waals surface area contributed by atoms with Crippen LogP contribution in [-0.2, 0) is 12.8 Å². The Hall–Kier alpha value is -0.830. The number of aryl methyl sites for hydroxylation is 1. The van der Waals surface area contributed by atoms with E-state index in [0.29, 0.717) is 6.04 Å². The van der Waals surface area contributed by atoms with Crippen molar-refractivity contribution in [1.29, 1.82) is 0 Å². The highest BCUT2D eigenvalue weighted by atomic mass is 32.1. The van der Waals surface area contributed by atoms with Gasteiger partial charge in [-0.1, -0.05) is 13.3 Å². The molecule has 0 saturated heterocycles. The second-order valence-corrected chi connectivity index (χ2v) is 6.46. The Morgan fingerprint density at radius 1 is 1.47 bits per heavy atom. The van der Waals surface area contributed by atoms with Crippen LogP contribution in [0.15, 0.2) is 6.07 Å². The number of nitrogens with one attached hydrogen (secondary N) is 1. The maximum atomic E-state index is 12.0. The third-order valence-electron chi connectivity index (χ3n) is 3.90. The second kappa shape index (κ2) is 4.45. The lowest BCUT2D eigenvalue weighted by Crippen LogP contribution is -2.24. The highest BCUT2D eigenvalue weighted by Gasteiger charge is 2.26. The maximum absolute atomic E-state index is 12.0. The first-order valence-electron chi connectivity index (χ1n) is 6.68. The van der Waals surface area contributed by atoms with E-state index in [1.54, 1.807) is 11.3 Å². The normalized spacial score (nSPS) is 23.2. The summed E-state index contributed by atoms with van der Waals surface area (Å²) in [6.07, 6.45) is 7.24. The average molecular weight is 249 g/mol. The van der Waals surface area contributed by atoms with Crippen molar-refractivity contribution < 1.29 is 4.79 Å². The summed E-state index contributed by atoms with van der Waals surface area (Å²) in [6.45, 7) is 2.27. The highest BCUT2D eigenvalue weighted by molar-refractivity contribution is 7.14. The van der Waals surface area contributed by atoms with Crippen molar-refractivity contribution in [1.82, 2.24) is 5.32 Å². The molecule has 1 aromatic heterocycles. The van der Waals surface area contributed by atoms with E-state index < -0.39 is 0 Å². The zero-order valence-corrected chi connectivity index (χ0v) is 11.1. The summed E-state index contributed by atoms with van der Waals surface area (Å²) < 4.78 is 0. The van der Waals surface area contributed by atoms with Crippen molar-refractivity contribution in [3.05, 3.63) is 21.4 Å². The fraction of sp³-hybridized carbons (Fsp3) is 0.643. The van der Waals surface area contributed by atoms with Crippen molar-refractivity contribution in [3.8, 4) is 0 Å². The molecule has 1 N–H and O–H groups in total. The fourth-order valence-electron chi connectivity index (χ4n) is 2.54. The van der Waals surface area contributed by atoms with Crippen LogP contribution in [0.5, 0.6) is 0 Å². The second-order valence-electron chi connectivity index (χ2n) is 5.32. The lowest BCUT2D eigenvalue weighted by Gasteiger charge is -2.19. The summed E-state index contributed by atoms with van der Waals surface area (Å²) in [5.41, 5.74) is 1.44. The Morgan fingerprint density at radius 3 is 3.00 bits per heavy atom. The largest absolute Gasteiger partial charge is 0.349 e. The number of fused-ring (bicyclic) bond motifs is 1. The van der Waals surface area contributed by atoms with E-state index in [2.05, 4.69) is 18.3 Å². The molecule has 1 unspecified atom stereocenters. The maximum Gasteiger partial charge on any atom is 0.261 e. The Kier molecular flexibility index (Phi) is 2.95. The molecule has 2 nitrogen and oxygen atoms in total. The molecule has 2 aliphatic rings. The minimum atomic E-state index is 0.153. The number of hydrogen-bond acceptors (Lipinski definition) is 2. The molecule has 0 aliphatic heterocycles. The molecular formula is C14H19NOS. The van der Waals surface area contributed by atoms with E-state index in [9.17, 15) is 4.79 Å². The predicted octanol–water partition coefficient (Wildman–Crippen LogP) is 3.16. The molecule has 1 saturated carbocycles. The molecule has 2 aliphatic carbocycles. The Morgan fingerprint density at radius 2 is 2.29 bits per heavy atom. The van der Waals surface area contributed by atoms with Crippen LogP contribution >= 0.6 is 11.3 Å². The zero-order chi connectivity index (χ0) is 11.8. The molecule has 0 aromatic carbocycles. The highest BCUT2D eigenvalue weighted by Crippen LogP contribution is 2.33. The van der Waals surface area contributed by atoms with E-state index >= 15 is 0 Å². The molecule has 1 amide bonds. The van der Waals surface area contributed by atoms with E-state index in [1.165, 1.54) is 36.1 Å². The summed E-state index contributed by atoms with van der Waals surface area (Å²) >= 11 is 1.71. The summed E-state index contributed by atoms with van der Waals surface area (Å²) in [7, 11) is 0. The molecule has 0 spiro atoms. The molecule has 1 aromatic rings. The fourth-order valence-corrected chi connectivity index (χ4v) is 3.66. The van der Waals surface area contributed by atoms with Gasteiger partial charge < -0.3 is 5.32 Å². The number of thiophene rings is 1. The summed E-state index contributed by atoms with van der Waals surface area (Å²) in [5, 5.41) is 3.08. The zero-order valence-electron chi connectivity index (χ0n) is 10.3. The summed E-state index contributed by atoms with van der Waals surface area (Å²) in [6, 6.07) is 2.60. The van der Waals surface area contributed by atoms with Crippen molar-refractivity contribution in [2.75, 3.05) is 0 Å². The smallest absolute Gasteiger partial charge is 0.261 e. The van der Waals surface area contributed by atoms with Gasteiger partial charge in [0.2, 0.25) is 0 Å². The average Bonchev–Trinajstić information content (AvgIpc) is 3.04. The van der Waals surface area contributed by atoms with E-state index in [4.69, 9.17) is 0 Å². The third kappa shape index (κ3) is 2.39. The number of rotatable bonds is 3. The van der Waals surface area contributed by atoms with Gasteiger partial charge in [0.15, 0.2) is 0 Å². The predicted molar refractivity (Wildman–Crippen MR) is 70.6 cm³/mol. The molecular weight excluding hydrogens is 230 g/mol. The summed E-state index contributed by atoms with van der Waals surface area (Å²) in [4.78, 5) is 14.3. The Balaban J connectivity index is 1.74.